The number of nitrogens with two attached hydrogens (primary N) is 1. The molecule has 1 aromatic rings. The van der Waals surface area contributed by atoms with Crippen LogP contribution in [-0.2, 0) is 5.41 Å². The van der Waals surface area contributed by atoms with Crippen LogP contribution >= 0.6 is 0 Å². The Morgan fingerprint density at radius 1 is 0.895 bits per heavy atom. The SMILES string of the molecule is CC12CC3CC(C)(C1)CC(c1ccc(N)cc1)(C3)C2. The predicted molar refractivity (Wildman–Crippen MR) is 79.9 cm³/mol. The van der Waals surface area contributed by atoms with Crippen molar-refractivity contribution < 1.29 is 0 Å². The van der Waals surface area contributed by atoms with Gasteiger partial charge in [-0.3, -0.25) is 0 Å². The fourth-order valence-electron chi connectivity index (χ4n) is 6.61. The summed E-state index contributed by atoms with van der Waals surface area (Å²) in [7, 11) is 0. The van der Waals surface area contributed by atoms with Crippen molar-refractivity contribution in [1.82, 2.24) is 0 Å². The van der Waals surface area contributed by atoms with E-state index in [9.17, 15) is 0 Å². The molecule has 4 saturated carbocycles. The minimum absolute atomic E-state index is 0.455. The Morgan fingerprint density at radius 3 is 2.00 bits per heavy atom. The zero-order valence-electron chi connectivity index (χ0n) is 12.2. The van der Waals surface area contributed by atoms with E-state index < -0.39 is 0 Å². The average molecular weight is 255 g/mol. The highest BCUT2D eigenvalue weighted by atomic mass is 14.6. The number of anilines is 1. The number of hydrogen-bond acceptors (Lipinski definition) is 1. The maximum Gasteiger partial charge on any atom is 0.0314 e. The topological polar surface area (TPSA) is 26.0 Å². The Morgan fingerprint density at radius 2 is 1.47 bits per heavy atom. The van der Waals surface area contributed by atoms with Crippen LogP contribution in [0.4, 0.5) is 5.69 Å². The number of rotatable bonds is 1. The average Bonchev–Trinajstić information content (AvgIpc) is 2.24. The maximum atomic E-state index is 5.87. The van der Waals surface area contributed by atoms with Crippen LogP contribution in [0.1, 0.15) is 57.9 Å². The molecule has 0 heterocycles. The van der Waals surface area contributed by atoms with Crippen molar-refractivity contribution in [3.05, 3.63) is 29.8 Å². The Bertz CT molecular complexity index is 497. The molecule has 2 N–H and O–H groups in total. The van der Waals surface area contributed by atoms with Crippen molar-refractivity contribution in [2.75, 3.05) is 5.73 Å². The monoisotopic (exact) mass is 255 g/mol. The van der Waals surface area contributed by atoms with Gasteiger partial charge in [-0.15, -0.1) is 0 Å². The summed E-state index contributed by atoms with van der Waals surface area (Å²) in [6.45, 7) is 5.09. The highest BCUT2D eigenvalue weighted by molar-refractivity contribution is 5.43. The summed E-state index contributed by atoms with van der Waals surface area (Å²) in [6.07, 6.45) is 8.61. The Kier molecular flexibility index (Phi) is 2.09. The van der Waals surface area contributed by atoms with Gasteiger partial charge in [0.1, 0.15) is 0 Å². The summed E-state index contributed by atoms with van der Waals surface area (Å²) in [4.78, 5) is 0. The molecule has 102 valence electrons. The molecular formula is C18H25N. The molecular weight excluding hydrogens is 230 g/mol. The smallest absolute Gasteiger partial charge is 0.0314 e. The Labute approximate surface area is 116 Å². The first-order chi connectivity index (χ1) is 8.91. The van der Waals surface area contributed by atoms with Crippen molar-refractivity contribution in [1.29, 1.82) is 0 Å². The van der Waals surface area contributed by atoms with E-state index in [2.05, 4.69) is 38.1 Å². The second-order valence-corrected chi connectivity index (χ2v) is 8.53. The lowest BCUT2D eigenvalue weighted by Gasteiger charge is -2.65. The van der Waals surface area contributed by atoms with Gasteiger partial charge in [-0.25, -0.2) is 0 Å². The van der Waals surface area contributed by atoms with Crippen LogP contribution < -0.4 is 5.73 Å². The zero-order valence-corrected chi connectivity index (χ0v) is 12.2. The molecule has 0 aromatic heterocycles. The molecule has 0 amide bonds. The van der Waals surface area contributed by atoms with E-state index in [0.717, 1.165) is 11.6 Å². The summed E-state index contributed by atoms with van der Waals surface area (Å²) < 4.78 is 0. The minimum atomic E-state index is 0.455. The van der Waals surface area contributed by atoms with E-state index in [1.807, 2.05) is 0 Å². The lowest BCUT2D eigenvalue weighted by molar-refractivity contribution is -0.109. The molecule has 0 spiro atoms. The van der Waals surface area contributed by atoms with Gasteiger partial charge in [0.25, 0.3) is 0 Å². The molecule has 2 atom stereocenters. The molecule has 4 bridgehead atoms. The zero-order chi connectivity index (χ0) is 13.3. The molecule has 5 rings (SSSR count). The lowest BCUT2D eigenvalue weighted by atomic mass is 9.39. The van der Waals surface area contributed by atoms with Gasteiger partial charge in [-0.2, -0.15) is 0 Å². The molecule has 0 saturated heterocycles. The van der Waals surface area contributed by atoms with Crippen molar-refractivity contribution >= 4 is 5.69 Å². The van der Waals surface area contributed by atoms with Gasteiger partial charge in [0.05, 0.1) is 0 Å². The molecule has 0 radical (unpaired) electrons. The fourth-order valence-corrected chi connectivity index (χ4v) is 6.61. The molecule has 4 fully saturated rings. The van der Waals surface area contributed by atoms with Gasteiger partial charge >= 0.3 is 0 Å². The molecule has 4 aliphatic rings. The van der Waals surface area contributed by atoms with Crippen molar-refractivity contribution in [3.8, 4) is 0 Å². The third kappa shape index (κ3) is 1.67. The van der Waals surface area contributed by atoms with Gasteiger partial charge in [-0.05, 0) is 78.4 Å². The largest absolute Gasteiger partial charge is 0.399 e. The fraction of sp³-hybridized carbons (Fsp3) is 0.667. The molecule has 4 aliphatic carbocycles. The third-order valence-electron chi connectivity index (χ3n) is 6.15. The summed E-state index contributed by atoms with van der Waals surface area (Å²) >= 11 is 0. The number of benzene rings is 1. The van der Waals surface area contributed by atoms with E-state index in [-0.39, 0.29) is 0 Å². The maximum absolute atomic E-state index is 5.87. The quantitative estimate of drug-likeness (QED) is 0.734. The second kappa shape index (κ2) is 3.37. The Hall–Kier alpha value is -0.980. The van der Waals surface area contributed by atoms with Gasteiger partial charge in [0.15, 0.2) is 0 Å². The van der Waals surface area contributed by atoms with Gasteiger partial charge < -0.3 is 5.73 Å². The van der Waals surface area contributed by atoms with Crippen LogP contribution in [0.3, 0.4) is 0 Å². The Balaban J connectivity index is 1.80. The number of hydrogen-bond donors (Lipinski definition) is 1. The van der Waals surface area contributed by atoms with E-state index in [1.165, 1.54) is 38.5 Å². The molecule has 1 heteroatoms. The molecule has 1 aromatic carbocycles. The first-order valence-electron chi connectivity index (χ1n) is 7.77. The predicted octanol–water partition coefficient (Wildman–Crippen LogP) is 4.52. The van der Waals surface area contributed by atoms with Crippen LogP contribution in [0.25, 0.3) is 0 Å². The first kappa shape index (κ1) is 11.8. The summed E-state index contributed by atoms with van der Waals surface area (Å²) in [5, 5.41) is 0. The van der Waals surface area contributed by atoms with Crippen LogP contribution in [0.15, 0.2) is 24.3 Å². The van der Waals surface area contributed by atoms with Crippen molar-refractivity contribution in [2.45, 2.75) is 57.8 Å². The normalized spacial score (nSPS) is 47.6. The molecule has 2 unspecified atom stereocenters. The summed E-state index contributed by atoms with van der Waals surface area (Å²) in [5.74, 6) is 0.962. The minimum Gasteiger partial charge on any atom is -0.399 e. The van der Waals surface area contributed by atoms with Gasteiger partial charge in [-0.1, -0.05) is 26.0 Å². The highest BCUT2D eigenvalue weighted by Crippen LogP contribution is 2.69. The third-order valence-corrected chi connectivity index (χ3v) is 6.15. The van der Waals surface area contributed by atoms with E-state index in [0.29, 0.717) is 16.2 Å². The molecule has 19 heavy (non-hydrogen) atoms. The highest BCUT2D eigenvalue weighted by Gasteiger charge is 2.60. The molecule has 1 nitrogen and oxygen atoms in total. The molecule has 0 aliphatic heterocycles. The van der Waals surface area contributed by atoms with E-state index in [4.69, 9.17) is 5.73 Å². The lowest BCUT2D eigenvalue weighted by Crippen LogP contribution is -2.56. The van der Waals surface area contributed by atoms with Crippen LogP contribution in [0.5, 0.6) is 0 Å². The second-order valence-electron chi connectivity index (χ2n) is 8.53. The van der Waals surface area contributed by atoms with E-state index in [1.54, 1.807) is 5.56 Å². The van der Waals surface area contributed by atoms with Crippen LogP contribution in [-0.4, -0.2) is 0 Å². The standard InChI is InChI=1S/C18H25N/c1-16-7-13-8-17(2,10-16)12-18(9-13,11-16)14-3-5-15(19)6-4-14/h3-6,13H,7-12,19H2,1-2H3. The number of nitrogen functional groups attached to an aromatic ring is 1. The van der Waals surface area contributed by atoms with Gasteiger partial charge in [0.2, 0.25) is 0 Å². The van der Waals surface area contributed by atoms with Crippen molar-refractivity contribution in [3.63, 3.8) is 0 Å². The van der Waals surface area contributed by atoms with Gasteiger partial charge in [0, 0.05) is 5.69 Å². The summed E-state index contributed by atoms with van der Waals surface area (Å²) in [5.41, 5.74) is 9.96. The van der Waals surface area contributed by atoms with Crippen LogP contribution in [0, 0.1) is 16.7 Å². The van der Waals surface area contributed by atoms with E-state index >= 15 is 0 Å². The summed E-state index contributed by atoms with van der Waals surface area (Å²) in [6, 6.07) is 8.79. The first-order valence-corrected chi connectivity index (χ1v) is 7.77. The van der Waals surface area contributed by atoms with Crippen molar-refractivity contribution in [2.24, 2.45) is 16.7 Å². The van der Waals surface area contributed by atoms with Crippen LogP contribution in [0.2, 0.25) is 0 Å².